The topological polar surface area (TPSA) is 133 Å². The van der Waals surface area contributed by atoms with Gasteiger partial charge < -0.3 is 9.84 Å². The summed E-state index contributed by atoms with van der Waals surface area (Å²) in [5, 5.41) is 20.1. The van der Waals surface area contributed by atoms with Crippen molar-refractivity contribution in [1.29, 1.82) is 0 Å². The minimum atomic E-state index is -4.47. The Morgan fingerprint density at radius 1 is 1.36 bits per heavy atom. The van der Waals surface area contributed by atoms with Crippen molar-refractivity contribution in [3.63, 3.8) is 0 Å². The van der Waals surface area contributed by atoms with Crippen molar-refractivity contribution in [1.82, 2.24) is 0 Å². The van der Waals surface area contributed by atoms with Crippen molar-refractivity contribution in [3.8, 4) is 0 Å². The molecule has 1 aromatic carbocycles. The molecule has 0 saturated heterocycles. The number of carbonyl (C=O) groups is 1. The average molecular weight is 396 g/mol. The predicted octanol–water partition coefficient (Wildman–Crippen LogP) is 1.61. The van der Waals surface area contributed by atoms with Gasteiger partial charge in [-0.05, 0) is 32.4 Å². The maximum Gasteiger partial charge on any atom is 0.339 e. The molecule has 0 saturated carbocycles. The summed E-state index contributed by atoms with van der Waals surface area (Å²) in [4.78, 5) is 21.4. The first-order chi connectivity index (χ1) is 11.6. The van der Waals surface area contributed by atoms with Gasteiger partial charge in [0.25, 0.3) is 15.8 Å². The average Bonchev–Trinajstić information content (AvgIpc) is 2.52. The third kappa shape index (κ3) is 6.24. The summed E-state index contributed by atoms with van der Waals surface area (Å²) in [7, 11) is -4.47. The van der Waals surface area contributed by atoms with E-state index in [-0.39, 0.29) is 18.7 Å². The lowest BCUT2D eigenvalue weighted by atomic mass is 10.1. The normalized spacial score (nSPS) is 15.2. The molecule has 1 N–H and O–H groups in total. The molecule has 9 nitrogen and oxygen atoms in total. The fourth-order valence-electron chi connectivity index (χ4n) is 1.87. The summed E-state index contributed by atoms with van der Waals surface area (Å²) in [6.45, 7) is 3.02. The van der Waals surface area contributed by atoms with Crippen molar-refractivity contribution in [2.75, 3.05) is 6.61 Å². The number of non-ortho nitro benzene ring substituents is 1. The summed E-state index contributed by atoms with van der Waals surface area (Å²) in [5.74, 6) is -1.06. The Labute approximate surface area is 149 Å². The monoisotopic (exact) mass is 395 g/mol. The molecule has 3 atom stereocenters. The Kier molecular flexibility index (Phi) is 7.74. The highest BCUT2D eigenvalue weighted by atomic mass is 35.5. The Morgan fingerprint density at radius 3 is 2.36 bits per heavy atom. The summed E-state index contributed by atoms with van der Waals surface area (Å²) < 4.78 is 34.1. The van der Waals surface area contributed by atoms with E-state index in [2.05, 4.69) is 0 Å². The number of halogens is 1. The number of aliphatic hydroxyl groups is 1. The van der Waals surface area contributed by atoms with Gasteiger partial charge >= 0.3 is 5.97 Å². The number of ether oxygens (including phenoxy) is 1. The Bertz CT molecular complexity index is 704. The molecule has 25 heavy (non-hydrogen) atoms. The first-order valence-corrected chi connectivity index (χ1v) is 9.09. The summed E-state index contributed by atoms with van der Waals surface area (Å²) in [5.41, 5.74) is -0.308. The van der Waals surface area contributed by atoms with Gasteiger partial charge in [-0.2, -0.15) is 8.42 Å². The lowest BCUT2D eigenvalue weighted by Crippen LogP contribution is -2.40. The molecule has 0 amide bonds. The molecule has 140 valence electrons. The number of esters is 1. The molecule has 0 spiro atoms. The minimum absolute atomic E-state index is 0.0422. The Morgan fingerprint density at radius 2 is 1.92 bits per heavy atom. The standard InChI is InChI=1S/C14H18ClNO8S/c1-3-23-14(18)13(12(17)8-9(2)15)24-25(21,22)11-6-4-10(5-7-11)16(19)20/h4-7,9,12-13,17H,3,8H2,1-2H3/t9-,12-,13+/m1/s1. The molecular weight excluding hydrogens is 378 g/mol. The molecule has 0 unspecified atom stereocenters. The maximum absolute atomic E-state index is 12.3. The maximum atomic E-state index is 12.3. The van der Waals surface area contributed by atoms with Crippen molar-refractivity contribution in [3.05, 3.63) is 34.4 Å². The lowest BCUT2D eigenvalue weighted by molar-refractivity contribution is -0.384. The number of carbonyl (C=O) groups excluding carboxylic acids is 1. The van der Waals surface area contributed by atoms with E-state index in [0.29, 0.717) is 0 Å². The van der Waals surface area contributed by atoms with Crippen LogP contribution in [-0.4, -0.2) is 48.6 Å². The fraction of sp³-hybridized carbons (Fsp3) is 0.500. The fourth-order valence-corrected chi connectivity index (χ4v) is 3.11. The highest BCUT2D eigenvalue weighted by Crippen LogP contribution is 2.21. The zero-order valence-electron chi connectivity index (χ0n) is 13.5. The van der Waals surface area contributed by atoms with Crippen LogP contribution in [0.2, 0.25) is 0 Å². The molecule has 0 fully saturated rings. The molecule has 0 heterocycles. The van der Waals surface area contributed by atoms with Gasteiger partial charge in [-0.15, -0.1) is 11.6 Å². The first kappa shape index (κ1) is 21.3. The summed E-state index contributed by atoms with van der Waals surface area (Å²) >= 11 is 5.75. The number of nitro benzene ring substituents is 1. The van der Waals surface area contributed by atoms with Gasteiger partial charge in [-0.1, -0.05) is 0 Å². The third-order valence-electron chi connectivity index (χ3n) is 3.00. The highest BCUT2D eigenvalue weighted by Gasteiger charge is 2.35. The van der Waals surface area contributed by atoms with E-state index >= 15 is 0 Å². The number of nitro groups is 1. The third-order valence-corrected chi connectivity index (χ3v) is 4.49. The Balaban J connectivity index is 3.07. The number of nitrogens with zero attached hydrogens (tertiary/aromatic N) is 1. The lowest BCUT2D eigenvalue weighted by Gasteiger charge is -2.22. The van der Waals surface area contributed by atoms with Gasteiger partial charge in [0.15, 0.2) is 6.10 Å². The number of benzene rings is 1. The molecule has 0 aromatic heterocycles. The second-order valence-electron chi connectivity index (χ2n) is 5.06. The van der Waals surface area contributed by atoms with E-state index in [1.807, 2.05) is 0 Å². The molecule has 0 aliphatic carbocycles. The van der Waals surface area contributed by atoms with E-state index in [4.69, 9.17) is 20.5 Å². The first-order valence-electron chi connectivity index (χ1n) is 7.25. The van der Waals surface area contributed by atoms with Crippen LogP contribution in [0.15, 0.2) is 29.2 Å². The molecule has 1 aromatic rings. The zero-order valence-corrected chi connectivity index (χ0v) is 15.1. The van der Waals surface area contributed by atoms with E-state index < -0.39 is 43.5 Å². The van der Waals surface area contributed by atoms with Crippen LogP contribution in [-0.2, 0) is 23.8 Å². The molecule has 0 bridgehead atoms. The number of hydrogen-bond donors (Lipinski definition) is 1. The van der Waals surface area contributed by atoms with Crippen molar-refractivity contribution in [2.45, 2.75) is 42.7 Å². The quantitative estimate of drug-likeness (QED) is 0.219. The van der Waals surface area contributed by atoms with Crippen LogP contribution >= 0.6 is 11.6 Å². The SMILES string of the molecule is CCOC(=O)[C@@H](OS(=O)(=O)c1ccc([N+](=O)[O-])cc1)[C@H](O)C[C@@H](C)Cl. The zero-order chi connectivity index (χ0) is 19.2. The summed E-state index contributed by atoms with van der Waals surface area (Å²) in [6, 6.07) is 3.89. The summed E-state index contributed by atoms with van der Waals surface area (Å²) in [6.07, 6.45) is -3.43. The van der Waals surface area contributed by atoms with Crippen LogP contribution < -0.4 is 0 Å². The van der Waals surface area contributed by atoms with Crippen molar-refractivity contribution < 1.29 is 32.2 Å². The van der Waals surface area contributed by atoms with E-state index in [9.17, 15) is 28.4 Å². The molecule has 11 heteroatoms. The van der Waals surface area contributed by atoms with Crippen LogP contribution in [0, 0.1) is 10.1 Å². The van der Waals surface area contributed by atoms with Gasteiger partial charge in [0.2, 0.25) is 0 Å². The van der Waals surface area contributed by atoms with Gasteiger partial charge in [0, 0.05) is 17.5 Å². The largest absolute Gasteiger partial charge is 0.464 e. The second kappa shape index (κ2) is 9.09. The molecule has 0 aliphatic rings. The number of rotatable bonds is 9. The van der Waals surface area contributed by atoms with Crippen molar-refractivity contribution in [2.24, 2.45) is 0 Å². The van der Waals surface area contributed by atoms with Gasteiger partial charge in [0.05, 0.1) is 22.5 Å². The van der Waals surface area contributed by atoms with Gasteiger partial charge in [-0.25, -0.2) is 8.98 Å². The molecule has 0 aliphatic heterocycles. The minimum Gasteiger partial charge on any atom is -0.464 e. The number of hydrogen-bond acceptors (Lipinski definition) is 8. The molecule has 1 rings (SSSR count). The van der Waals surface area contributed by atoms with Crippen molar-refractivity contribution >= 4 is 33.4 Å². The van der Waals surface area contributed by atoms with E-state index in [0.717, 1.165) is 24.3 Å². The van der Waals surface area contributed by atoms with Crippen LogP contribution in [0.1, 0.15) is 20.3 Å². The van der Waals surface area contributed by atoms with E-state index in [1.54, 1.807) is 6.92 Å². The molecule has 0 radical (unpaired) electrons. The number of alkyl halides is 1. The second-order valence-corrected chi connectivity index (χ2v) is 7.37. The van der Waals surface area contributed by atoms with Crippen LogP contribution in [0.4, 0.5) is 5.69 Å². The predicted molar refractivity (Wildman–Crippen MR) is 87.7 cm³/mol. The molecular formula is C14H18ClNO8S. The van der Waals surface area contributed by atoms with E-state index in [1.165, 1.54) is 6.92 Å². The number of aliphatic hydroxyl groups excluding tert-OH is 1. The smallest absolute Gasteiger partial charge is 0.339 e. The Hall–Kier alpha value is -1.75. The van der Waals surface area contributed by atoms with Crippen LogP contribution in [0.25, 0.3) is 0 Å². The van der Waals surface area contributed by atoms with Crippen LogP contribution in [0.5, 0.6) is 0 Å². The van der Waals surface area contributed by atoms with Gasteiger partial charge in [-0.3, -0.25) is 10.1 Å². The van der Waals surface area contributed by atoms with Crippen LogP contribution in [0.3, 0.4) is 0 Å². The highest BCUT2D eigenvalue weighted by molar-refractivity contribution is 7.86. The van der Waals surface area contributed by atoms with Gasteiger partial charge in [0.1, 0.15) is 0 Å².